The Bertz CT molecular complexity index is 556. The number of nitrogens with zero attached hydrogens (tertiary/aromatic N) is 3. The van der Waals surface area contributed by atoms with Crippen molar-refractivity contribution >= 4 is 6.09 Å². The van der Waals surface area contributed by atoms with E-state index in [1.165, 1.54) is 12.8 Å². The summed E-state index contributed by atoms with van der Waals surface area (Å²) in [5, 5.41) is 3.87. The normalized spacial score (nSPS) is 27.2. The Morgan fingerprint density at radius 2 is 1.90 bits per heavy atom. The van der Waals surface area contributed by atoms with Crippen LogP contribution >= 0.6 is 0 Å². The molecule has 0 aromatic carbocycles. The maximum absolute atomic E-state index is 12.6. The van der Waals surface area contributed by atoms with Crippen molar-refractivity contribution in [3.8, 4) is 0 Å². The minimum Gasteiger partial charge on any atom is -0.444 e. The molecule has 2 unspecified atom stereocenters. The van der Waals surface area contributed by atoms with Crippen molar-refractivity contribution < 1.29 is 9.53 Å². The fourth-order valence-electron chi connectivity index (χ4n) is 4.82. The molecule has 2 aliphatic heterocycles. The number of ether oxygens (including phenoxy) is 1. The summed E-state index contributed by atoms with van der Waals surface area (Å²) in [5.41, 5.74) is -0.166. The topological polar surface area (TPSA) is 48.0 Å². The first kappa shape index (κ1) is 22.8. The highest BCUT2D eigenvalue weighted by molar-refractivity contribution is 5.68. The van der Waals surface area contributed by atoms with E-state index in [0.717, 1.165) is 64.4 Å². The van der Waals surface area contributed by atoms with Crippen LogP contribution in [0, 0.1) is 5.92 Å². The van der Waals surface area contributed by atoms with E-state index in [2.05, 4.69) is 36.0 Å². The number of carbonyl (C=O) groups excluding carboxylic acids is 1. The second-order valence-corrected chi connectivity index (χ2v) is 11.1. The van der Waals surface area contributed by atoms with Crippen molar-refractivity contribution in [2.24, 2.45) is 5.92 Å². The van der Waals surface area contributed by atoms with Gasteiger partial charge < -0.3 is 15.0 Å². The summed E-state index contributed by atoms with van der Waals surface area (Å²) >= 11 is 0. The maximum atomic E-state index is 12.6. The van der Waals surface area contributed by atoms with E-state index < -0.39 is 5.60 Å². The van der Waals surface area contributed by atoms with Gasteiger partial charge in [0, 0.05) is 56.9 Å². The standard InChI is InChI=1S/C23H44N4O2/c1-22(2,3)29-21(28)27-12-7-8-19(27)16-20(18-9-10-18)24-11-13-26-15-14-25(6)23(4,5)17-26/h18-20,24H,7-17H2,1-6H3. The monoisotopic (exact) mass is 408 g/mol. The van der Waals surface area contributed by atoms with Crippen LogP contribution in [-0.2, 0) is 4.74 Å². The molecule has 168 valence electrons. The molecule has 6 heteroatoms. The molecule has 3 aliphatic rings. The van der Waals surface area contributed by atoms with Crippen LogP contribution in [0.2, 0.25) is 0 Å². The van der Waals surface area contributed by atoms with Crippen LogP contribution in [0.25, 0.3) is 0 Å². The molecule has 6 nitrogen and oxygen atoms in total. The second-order valence-electron chi connectivity index (χ2n) is 11.1. The van der Waals surface area contributed by atoms with Gasteiger partial charge in [-0.1, -0.05) is 0 Å². The fraction of sp³-hybridized carbons (Fsp3) is 0.957. The summed E-state index contributed by atoms with van der Waals surface area (Å²) in [6.45, 7) is 17.0. The first-order chi connectivity index (χ1) is 13.5. The lowest BCUT2D eigenvalue weighted by Gasteiger charge is -2.45. The molecule has 1 aliphatic carbocycles. The van der Waals surface area contributed by atoms with Crippen molar-refractivity contribution in [1.82, 2.24) is 20.0 Å². The van der Waals surface area contributed by atoms with E-state index in [4.69, 9.17) is 4.74 Å². The molecule has 0 bridgehead atoms. The van der Waals surface area contributed by atoms with Crippen molar-refractivity contribution in [3.05, 3.63) is 0 Å². The highest BCUT2D eigenvalue weighted by Crippen LogP contribution is 2.36. The zero-order valence-corrected chi connectivity index (χ0v) is 19.7. The van der Waals surface area contributed by atoms with Gasteiger partial charge in [0.15, 0.2) is 0 Å². The van der Waals surface area contributed by atoms with Gasteiger partial charge in [-0.05, 0) is 79.7 Å². The van der Waals surface area contributed by atoms with Gasteiger partial charge in [-0.25, -0.2) is 4.79 Å². The number of carbonyl (C=O) groups is 1. The minimum atomic E-state index is -0.422. The number of likely N-dealkylation sites (N-methyl/N-ethyl adjacent to an activating group) is 1. The number of piperazine rings is 1. The average molecular weight is 409 g/mol. The van der Waals surface area contributed by atoms with Crippen molar-refractivity contribution in [2.45, 2.75) is 89.9 Å². The lowest BCUT2D eigenvalue weighted by atomic mass is 9.99. The summed E-state index contributed by atoms with van der Waals surface area (Å²) in [6, 6.07) is 0.856. The largest absolute Gasteiger partial charge is 0.444 e. The Morgan fingerprint density at radius 3 is 2.52 bits per heavy atom. The number of amides is 1. The van der Waals surface area contributed by atoms with Crippen LogP contribution in [0.15, 0.2) is 0 Å². The van der Waals surface area contributed by atoms with E-state index in [1.807, 2.05) is 25.7 Å². The van der Waals surface area contributed by atoms with Crippen LogP contribution < -0.4 is 5.32 Å². The number of nitrogens with one attached hydrogen (secondary N) is 1. The Hall–Kier alpha value is -0.850. The Balaban J connectivity index is 1.47. The van der Waals surface area contributed by atoms with Gasteiger partial charge in [-0.3, -0.25) is 9.80 Å². The lowest BCUT2D eigenvalue weighted by molar-refractivity contribution is 0.0210. The van der Waals surface area contributed by atoms with Crippen molar-refractivity contribution in [2.75, 3.05) is 46.3 Å². The van der Waals surface area contributed by atoms with E-state index in [9.17, 15) is 4.79 Å². The Labute approximate surface area is 178 Å². The molecular formula is C23H44N4O2. The minimum absolute atomic E-state index is 0.130. The average Bonchev–Trinajstić information content (AvgIpc) is 3.34. The second kappa shape index (κ2) is 9.11. The van der Waals surface area contributed by atoms with E-state index in [-0.39, 0.29) is 11.6 Å². The first-order valence-electron chi connectivity index (χ1n) is 11.7. The molecule has 2 atom stereocenters. The van der Waals surface area contributed by atoms with Crippen LogP contribution in [0.1, 0.15) is 66.7 Å². The molecule has 0 aromatic heterocycles. The SMILES string of the molecule is CN1CCN(CCNC(CC2CCCN2C(=O)OC(C)(C)C)C2CC2)CC1(C)C. The Kier molecular flexibility index (Phi) is 7.17. The zero-order valence-electron chi connectivity index (χ0n) is 19.7. The number of rotatable bonds is 7. The molecule has 1 amide bonds. The van der Waals surface area contributed by atoms with Gasteiger partial charge in [-0.15, -0.1) is 0 Å². The van der Waals surface area contributed by atoms with Gasteiger partial charge in [0.25, 0.3) is 0 Å². The molecule has 2 saturated heterocycles. The summed E-state index contributed by atoms with van der Waals surface area (Å²) in [5.74, 6) is 0.792. The smallest absolute Gasteiger partial charge is 0.410 e. The molecule has 1 N–H and O–H groups in total. The molecule has 0 radical (unpaired) electrons. The van der Waals surface area contributed by atoms with Crippen LogP contribution in [0.4, 0.5) is 4.79 Å². The van der Waals surface area contributed by atoms with Crippen molar-refractivity contribution in [1.29, 1.82) is 0 Å². The molecule has 0 aromatic rings. The van der Waals surface area contributed by atoms with Crippen LogP contribution in [-0.4, -0.2) is 90.3 Å². The zero-order chi connectivity index (χ0) is 21.2. The molecular weight excluding hydrogens is 364 g/mol. The van der Waals surface area contributed by atoms with Gasteiger partial charge in [0.05, 0.1) is 0 Å². The number of hydrogen-bond acceptors (Lipinski definition) is 5. The van der Waals surface area contributed by atoms with Gasteiger partial charge in [-0.2, -0.15) is 0 Å². The van der Waals surface area contributed by atoms with Crippen LogP contribution in [0.3, 0.4) is 0 Å². The third kappa shape index (κ3) is 6.56. The summed E-state index contributed by atoms with van der Waals surface area (Å²) < 4.78 is 5.65. The summed E-state index contributed by atoms with van der Waals surface area (Å²) in [4.78, 5) is 19.7. The van der Waals surface area contributed by atoms with Gasteiger partial charge in [0.1, 0.15) is 5.60 Å². The highest BCUT2D eigenvalue weighted by Gasteiger charge is 2.38. The highest BCUT2D eigenvalue weighted by atomic mass is 16.6. The third-order valence-electron chi connectivity index (χ3n) is 6.95. The molecule has 0 spiro atoms. The molecule has 2 heterocycles. The number of likely N-dealkylation sites (tertiary alicyclic amines) is 1. The fourth-order valence-corrected chi connectivity index (χ4v) is 4.82. The van der Waals surface area contributed by atoms with Gasteiger partial charge >= 0.3 is 6.09 Å². The molecule has 29 heavy (non-hydrogen) atoms. The van der Waals surface area contributed by atoms with Gasteiger partial charge in [0.2, 0.25) is 0 Å². The lowest BCUT2D eigenvalue weighted by Crippen LogP contribution is -2.58. The first-order valence-corrected chi connectivity index (χ1v) is 11.7. The molecule has 3 rings (SSSR count). The quantitative estimate of drug-likeness (QED) is 0.701. The summed E-state index contributed by atoms with van der Waals surface area (Å²) in [7, 11) is 2.23. The molecule has 1 saturated carbocycles. The van der Waals surface area contributed by atoms with E-state index >= 15 is 0 Å². The predicted molar refractivity (Wildman–Crippen MR) is 118 cm³/mol. The maximum Gasteiger partial charge on any atom is 0.410 e. The number of hydrogen-bond donors (Lipinski definition) is 1. The van der Waals surface area contributed by atoms with Crippen LogP contribution in [0.5, 0.6) is 0 Å². The Morgan fingerprint density at radius 1 is 1.17 bits per heavy atom. The third-order valence-corrected chi connectivity index (χ3v) is 6.95. The summed E-state index contributed by atoms with van der Waals surface area (Å²) in [6.07, 6.45) is 5.80. The predicted octanol–water partition coefficient (Wildman–Crippen LogP) is 3.17. The van der Waals surface area contributed by atoms with Crippen molar-refractivity contribution in [3.63, 3.8) is 0 Å². The van der Waals surface area contributed by atoms with E-state index in [1.54, 1.807) is 0 Å². The molecule has 3 fully saturated rings. The van der Waals surface area contributed by atoms with E-state index in [0.29, 0.717) is 12.1 Å².